The van der Waals surface area contributed by atoms with Gasteiger partial charge in [-0.25, -0.2) is 9.18 Å². The third-order valence-corrected chi connectivity index (χ3v) is 5.26. The number of amides is 2. The van der Waals surface area contributed by atoms with Crippen molar-refractivity contribution >= 4 is 35.1 Å². The van der Waals surface area contributed by atoms with Gasteiger partial charge in [0.1, 0.15) is 11.8 Å². The molecule has 0 bridgehead atoms. The number of hydrogen-bond acceptors (Lipinski definition) is 5. The lowest BCUT2D eigenvalue weighted by Crippen LogP contribution is -2.47. The Hall–Kier alpha value is -3.26. The summed E-state index contributed by atoms with van der Waals surface area (Å²) in [4.78, 5) is 22.9. The van der Waals surface area contributed by atoms with Crippen molar-refractivity contribution in [3.63, 3.8) is 0 Å². The third-order valence-electron chi connectivity index (χ3n) is 4.98. The number of aromatic hydroxyl groups is 1. The summed E-state index contributed by atoms with van der Waals surface area (Å²) >= 11 is 6.36. The number of alkyl halides is 1. The predicted octanol–water partition coefficient (Wildman–Crippen LogP) is 5.59. The van der Waals surface area contributed by atoms with Gasteiger partial charge in [0.25, 0.3) is 0 Å². The number of fused-ring (bicyclic) bond motifs is 1. The fourth-order valence-corrected chi connectivity index (χ4v) is 3.49. The lowest BCUT2D eigenvalue weighted by atomic mass is 10.0. The van der Waals surface area contributed by atoms with E-state index in [0.29, 0.717) is 35.5 Å². The molecule has 2 amide bonds. The first-order valence-corrected chi connectivity index (χ1v) is 11.2. The third kappa shape index (κ3) is 6.41. The fourth-order valence-electron chi connectivity index (χ4n) is 3.24. The molecule has 182 valence electrons. The number of hydrogen-bond donors (Lipinski definition) is 2. The Morgan fingerprint density at radius 3 is 2.44 bits per heavy atom. The van der Waals surface area contributed by atoms with Crippen LogP contribution >= 0.6 is 11.6 Å². The van der Waals surface area contributed by atoms with Crippen LogP contribution in [-0.2, 0) is 16.1 Å². The number of halogens is 2. The first-order chi connectivity index (χ1) is 16.0. The molecule has 9 heteroatoms. The molecule has 2 aromatic carbocycles. The highest BCUT2D eigenvalue weighted by Gasteiger charge is 2.23. The van der Waals surface area contributed by atoms with Gasteiger partial charge in [-0.1, -0.05) is 41.4 Å². The molecule has 2 heterocycles. The van der Waals surface area contributed by atoms with Crippen molar-refractivity contribution in [2.75, 3.05) is 13.1 Å². The summed E-state index contributed by atoms with van der Waals surface area (Å²) < 4.78 is 22.6. The number of carbonyl (C=O) groups is 2. The molecule has 0 unspecified atom stereocenters. The minimum atomic E-state index is -0.759. The number of aryl methyl sites for hydroxylation is 1. The number of furan rings is 1. The second kappa shape index (κ2) is 10.3. The normalized spacial score (nSPS) is 13.6. The Balaban J connectivity index is 0.000000396. The van der Waals surface area contributed by atoms with Crippen LogP contribution in [0.25, 0.3) is 22.1 Å². The van der Waals surface area contributed by atoms with Gasteiger partial charge in [-0.05, 0) is 51.0 Å². The maximum atomic E-state index is 11.8. The lowest BCUT2D eigenvalue weighted by molar-refractivity contribution is -0.124. The SMILES string of the molecule is Cc1ccc(-c2cc(Cl)c3oc(CNC(=O)OC(C)(C)C)c(O)c3c2)cc1.O=CN1CC(F)C1. The van der Waals surface area contributed by atoms with Crippen molar-refractivity contribution in [1.82, 2.24) is 10.2 Å². The largest absolute Gasteiger partial charge is 0.504 e. The van der Waals surface area contributed by atoms with Gasteiger partial charge in [0, 0.05) is 0 Å². The van der Waals surface area contributed by atoms with Crippen molar-refractivity contribution in [1.29, 1.82) is 0 Å². The second-order valence-corrected chi connectivity index (χ2v) is 9.49. The van der Waals surface area contributed by atoms with Crippen molar-refractivity contribution in [2.45, 2.75) is 46.0 Å². The molecule has 1 saturated heterocycles. The molecule has 7 nitrogen and oxygen atoms in total. The molecule has 4 rings (SSSR count). The minimum absolute atomic E-state index is 0.00831. The molecule has 0 atom stereocenters. The zero-order chi connectivity index (χ0) is 25.0. The molecule has 3 aromatic rings. The maximum absolute atomic E-state index is 11.8. The smallest absolute Gasteiger partial charge is 0.408 e. The summed E-state index contributed by atoms with van der Waals surface area (Å²) in [6.07, 6.45) is -0.685. The number of alkyl carbamates (subject to hydrolysis) is 1. The quantitative estimate of drug-likeness (QED) is 0.465. The number of likely N-dealkylation sites (tertiary alicyclic amines) is 1. The number of carbonyl (C=O) groups excluding carboxylic acids is 2. The van der Waals surface area contributed by atoms with E-state index in [-0.39, 0.29) is 18.1 Å². The summed E-state index contributed by atoms with van der Waals surface area (Å²) in [6, 6.07) is 11.6. The number of benzene rings is 2. The average Bonchev–Trinajstić information content (AvgIpc) is 3.06. The first kappa shape index (κ1) is 25.4. The highest BCUT2D eigenvalue weighted by Crippen LogP contribution is 2.39. The van der Waals surface area contributed by atoms with E-state index in [1.807, 2.05) is 37.3 Å². The monoisotopic (exact) mass is 490 g/mol. The van der Waals surface area contributed by atoms with Crippen LogP contribution in [0, 0.1) is 6.92 Å². The summed E-state index contributed by atoms with van der Waals surface area (Å²) in [7, 11) is 0. The van der Waals surface area contributed by atoms with E-state index in [0.717, 1.165) is 16.7 Å². The molecule has 34 heavy (non-hydrogen) atoms. The van der Waals surface area contributed by atoms with Crippen molar-refractivity contribution in [3.05, 3.63) is 52.7 Å². The number of nitrogens with zero attached hydrogens (tertiary/aromatic N) is 1. The first-order valence-electron chi connectivity index (χ1n) is 10.8. The lowest BCUT2D eigenvalue weighted by Gasteiger charge is -2.29. The van der Waals surface area contributed by atoms with Gasteiger partial charge in [-0.3, -0.25) is 4.79 Å². The summed E-state index contributed by atoms with van der Waals surface area (Å²) in [5.41, 5.74) is 2.79. The molecule has 1 aliphatic heterocycles. The summed E-state index contributed by atoms with van der Waals surface area (Å²) in [5, 5.41) is 14.0. The van der Waals surface area contributed by atoms with E-state index >= 15 is 0 Å². The Morgan fingerprint density at radius 1 is 1.26 bits per heavy atom. The number of rotatable bonds is 4. The molecule has 1 aliphatic rings. The van der Waals surface area contributed by atoms with Crippen LogP contribution in [0.4, 0.5) is 9.18 Å². The fraction of sp³-hybridized carbons (Fsp3) is 0.360. The molecule has 0 saturated carbocycles. The highest BCUT2D eigenvalue weighted by molar-refractivity contribution is 6.35. The van der Waals surface area contributed by atoms with Gasteiger partial charge in [0.05, 0.1) is 30.0 Å². The zero-order valence-electron chi connectivity index (χ0n) is 19.5. The van der Waals surface area contributed by atoms with Gasteiger partial charge in [0.2, 0.25) is 6.41 Å². The van der Waals surface area contributed by atoms with Crippen LogP contribution in [0.1, 0.15) is 32.1 Å². The van der Waals surface area contributed by atoms with E-state index in [9.17, 15) is 19.1 Å². The maximum Gasteiger partial charge on any atom is 0.408 e. The molecule has 1 aromatic heterocycles. The molecule has 0 radical (unpaired) electrons. The van der Waals surface area contributed by atoms with Crippen molar-refractivity contribution in [2.24, 2.45) is 0 Å². The van der Waals surface area contributed by atoms with Crippen LogP contribution in [0.3, 0.4) is 0 Å². The molecule has 0 spiro atoms. The van der Waals surface area contributed by atoms with Crippen LogP contribution in [0.15, 0.2) is 40.8 Å². The topological polar surface area (TPSA) is 92.0 Å². The molecule has 2 N–H and O–H groups in total. The highest BCUT2D eigenvalue weighted by atomic mass is 35.5. The van der Waals surface area contributed by atoms with Crippen LogP contribution in [0.5, 0.6) is 5.75 Å². The van der Waals surface area contributed by atoms with Crippen LogP contribution in [0.2, 0.25) is 5.02 Å². The van der Waals surface area contributed by atoms with E-state index in [2.05, 4.69) is 5.32 Å². The van der Waals surface area contributed by atoms with Gasteiger partial charge in [-0.2, -0.15) is 0 Å². The van der Waals surface area contributed by atoms with Gasteiger partial charge >= 0.3 is 6.09 Å². The van der Waals surface area contributed by atoms with Crippen molar-refractivity contribution in [3.8, 4) is 16.9 Å². The van der Waals surface area contributed by atoms with E-state index in [1.54, 1.807) is 26.8 Å². The van der Waals surface area contributed by atoms with Crippen molar-refractivity contribution < 1.29 is 28.2 Å². The summed E-state index contributed by atoms with van der Waals surface area (Å²) in [6.45, 7) is 7.93. The Bertz CT molecular complexity index is 1160. The zero-order valence-corrected chi connectivity index (χ0v) is 20.3. The van der Waals surface area contributed by atoms with Crippen LogP contribution < -0.4 is 5.32 Å². The van der Waals surface area contributed by atoms with E-state index < -0.39 is 17.9 Å². The van der Waals surface area contributed by atoms with E-state index in [4.69, 9.17) is 20.8 Å². The van der Waals surface area contributed by atoms with Gasteiger partial charge in [-0.15, -0.1) is 0 Å². The molecule has 1 fully saturated rings. The van der Waals surface area contributed by atoms with Crippen LogP contribution in [-0.4, -0.2) is 47.4 Å². The van der Waals surface area contributed by atoms with Gasteiger partial charge in [0.15, 0.2) is 17.1 Å². The Labute approximate surface area is 202 Å². The van der Waals surface area contributed by atoms with Gasteiger partial charge < -0.3 is 24.5 Å². The Kier molecular flexibility index (Phi) is 7.71. The second-order valence-electron chi connectivity index (χ2n) is 9.09. The average molecular weight is 491 g/mol. The standard InChI is InChI=1S/C21H22ClNO4.C4H6FNO/c1-12-5-7-13(8-6-12)14-9-15-18(24)17(26-19(15)16(22)10-14)11-23-20(25)27-21(2,3)4;5-4-1-6(2-4)3-7/h5-10,24H,11H2,1-4H3,(H,23,25);3-4H,1-2H2. The predicted molar refractivity (Wildman–Crippen MR) is 129 cm³/mol. The van der Waals surface area contributed by atoms with E-state index in [1.165, 1.54) is 4.90 Å². The summed E-state index contributed by atoms with van der Waals surface area (Å²) in [5.74, 6) is 0.177. The number of nitrogens with one attached hydrogen (secondary N) is 1. The molecule has 0 aliphatic carbocycles. The minimum Gasteiger partial charge on any atom is -0.504 e. The Morgan fingerprint density at radius 2 is 1.91 bits per heavy atom. The molecular formula is C25H28ClFN2O5. The number of ether oxygens (including phenoxy) is 1. The molecular weight excluding hydrogens is 463 g/mol.